The van der Waals surface area contributed by atoms with Gasteiger partial charge in [-0.2, -0.15) is 0 Å². The third-order valence-electron chi connectivity index (χ3n) is 7.29. The Labute approximate surface area is 290 Å². The molecule has 18 N–H and O–H groups in total. The van der Waals surface area contributed by atoms with Crippen LogP contribution in [0, 0.1) is 0 Å². The predicted octanol–water partition coefficient (Wildman–Crippen LogP) is -8.77. The fraction of sp³-hybridized carbons (Fsp3) is 0.630. The summed E-state index contributed by atoms with van der Waals surface area (Å²) in [5.41, 5.74) is 26.4. The van der Waals surface area contributed by atoms with E-state index >= 15 is 0 Å². The van der Waals surface area contributed by atoms with Gasteiger partial charge in [-0.1, -0.05) is 0 Å². The van der Waals surface area contributed by atoms with Gasteiger partial charge in [0.05, 0.1) is 32.6 Å². The third kappa shape index (κ3) is 14.8. The quantitative estimate of drug-likeness (QED) is 0.0279. The topological polar surface area (TPSA) is 420 Å². The lowest BCUT2D eigenvalue weighted by Crippen LogP contribution is -2.60. The summed E-state index contributed by atoms with van der Waals surface area (Å²) in [7, 11) is 0. The summed E-state index contributed by atoms with van der Waals surface area (Å²) in [6.07, 6.45) is -1.30. The Kier molecular flexibility index (Phi) is 18.3. The third-order valence-corrected chi connectivity index (χ3v) is 7.29. The van der Waals surface area contributed by atoms with E-state index in [0.717, 1.165) is 4.90 Å². The normalized spacial score (nSPS) is 16.6. The number of likely N-dealkylation sites (tertiary alicyclic amines) is 1. The van der Waals surface area contributed by atoms with Crippen molar-refractivity contribution < 1.29 is 58.5 Å². The Bertz CT molecular complexity index is 1340. The highest BCUT2D eigenvalue weighted by Crippen LogP contribution is 2.20. The number of rotatable bonds is 22. The number of aliphatic hydroxyl groups is 2. The van der Waals surface area contributed by atoms with Gasteiger partial charge in [-0.15, -0.1) is 0 Å². The number of nitrogens with one attached hydrogen (secondary N) is 5. The van der Waals surface area contributed by atoms with Crippen molar-refractivity contribution >= 4 is 59.2 Å². The van der Waals surface area contributed by atoms with E-state index < -0.39 is 122 Å². The second-order valence-corrected chi connectivity index (χ2v) is 11.3. The maximum absolute atomic E-state index is 13.8. The minimum Gasteiger partial charge on any atom is -0.480 e. The number of aliphatic carboxylic acids is 1. The highest BCUT2D eigenvalue weighted by Gasteiger charge is 2.40. The van der Waals surface area contributed by atoms with E-state index in [2.05, 4.69) is 31.6 Å². The lowest BCUT2D eigenvalue weighted by atomic mass is 10.1. The van der Waals surface area contributed by atoms with E-state index in [1.165, 1.54) is 0 Å². The molecule has 8 amide bonds. The van der Waals surface area contributed by atoms with Crippen molar-refractivity contribution in [3.8, 4) is 0 Å². The number of hydrogen-bond donors (Lipinski definition) is 13. The molecule has 1 aliphatic rings. The molecule has 6 atom stereocenters. The average molecular weight is 731 g/mol. The van der Waals surface area contributed by atoms with Crippen molar-refractivity contribution in [2.75, 3.05) is 32.8 Å². The van der Waals surface area contributed by atoms with Gasteiger partial charge in [0.25, 0.3) is 0 Å². The molecule has 0 bridgehead atoms. The Hall–Kier alpha value is -5.62. The van der Waals surface area contributed by atoms with Crippen LogP contribution in [0.15, 0.2) is 4.99 Å². The van der Waals surface area contributed by atoms with Crippen LogP contribution in [0.2, 0.25) is 0 Å². The smallest absolute Gasteiger partial charge is 0.328 e. The van der Waals surface area contributed by atoms with Crippen molar-refractivity contribution in [3.63, 3.8) is 0 Å². The Morgan fingerprint density at radius 2 is 1.24 bits per heavy atom. The summed E-state index contributed by atoms with van der Waals surface area (Å²) in [5, 5.41) is 38.9. The molecule has 1 fully saturated rings. The Balaban J connectivity index is 3.31. The van der Waals surface area contributed by atoms with E-state index in [1.807, 2.05) is 0 Å². The largest absolute Gasteiger partial charge is 0.480 e. The number of nitrogens with zero attached hydrogens (tertiary/aromatic N) is 2. The Morgan fingerprint density at radius 1 is 0.725 bits per heavy atom. The SMILES string of the molecule is NCC(=O)N[C@@H](CO)C(=O)N[C@@H](CC(N)=O)C(=O)N[C@@H](CC(N)=O)C(=O)N[C@@H](CCCN=C(N)N)C(=O)N1CCC[C@H]1C(=O)N[C@@H](CO)C(=O)O. The second-order valence-electron chi connectivity index (χ2n) is 11.3. The van der Waals surface area contributed by atoms with Crippen molar-refractivity contribution in [1.82, 2.24) is 31.5 Å². The summed E-state index contributed by atoms with van der Waals surface area (Å²) < 4.78 is 0. The van der Waals surface area contributed by atoms with Crippen LogP contribution in [-0.2, 0) is 43.2 Å². The number of nitrogens with two attached hydrogens (primary N) is 5. The second kappa shape index (κ2) is 21.5. The first-order valence-corrected chi connectivity index (χ1v) is 15.5. The van der Waals surface area contributed by atoms with Crippen molar-refractivity contribution in [3.05, 3.63) is 0 Å². The molecule has 24 nitrogen and oxygen atoms in total. The number of amides is 8. The molecule has 24 heteroatoms. The van der Waals surface area contributed by atoms with Gasteiger partial charge < -0.3 is 75.5 Å². The summed E-state index contributed by atoms with van der Waals surface area (Å²) >= 11 is 0. The van der Waals surface area contributed by atoms with Crippen molar-refractivity contribution in [1.29, 1.82) is 0 Å². The summed E-state index contributed by atoms with van der Waals surface area (Å²) in [4.78, 5) is 118. The van der Waals surface area contributed by atoms with Crippen LogP contribution in [-0.4, -0.2) is 149 Å². The van der Waals surface area contributed by atoms with Gasteiger partial charge in [-0.3, -0.25) is 43.3 Å². The molecular weight excluding hydrogens is 684 g/mol. The van der Waals surface area contributed by atoms with Crippen molar-refractivity contribution in [2.24, 2.45) is 33.7 Å². The molecule has 1 aliphatic heterocycles. The highest BCUT2D eigenvalue weighted by atomic mass is 16.4. The molecule has 1 heterocycles. The van der Waals surface area contributed by atoms with Crippen LogP contribution in [0.25, 0.3) is 0 Å². The van der Waals surface area contributed by atoms with Gasteiger partial charge in [-0.05, 0) is 25.7 Å². The Morgan fingerprint density at radius 3 is 1.69 bits per heavy atom. The van der Waals surface area contributed by atoms with Gasteiger partial charge in [-0.25, -0.2) is 4.79 Å². The monoisotopic (exact) mass is 730 g/mol. The molecule has 1 saturated heterocycles. The number of carbonyl (C=O) groups is 9. The first-order chi connectivity index (χ1) is 23.9. The van der Waals surface area contributed by atoms with Crippen LogP contribution in [0.4, 0.5) is 0 Å². The fourth-order valence-corrected chi connectivity index (χ4v) is 4.80. The number of carboxylic acid groups (broad SMARTS) is 1. The molecule has 51 heavy (non-hydrogen) atoms. The lowest BCUT2D eigenvalue weighted by Gasteiger charge is -2.30. The van der Waals surface area contributed by atoms with Gasteiger partial charge in [0, 0.05) is 13.1 Å². The minimum atomic E-state index is -1.81. The molecule has 0 aromatic carbocycles. The van der Waals surface area contributed by atoms with E-state index in [9.17, 15) is 58.5 Å². The zero-order valence-electron chi connectivity index (χ0n) is 27.5. The number of carboxylic acids is 1. The average Bonchev–Trinajstić information content (AvgIpc) is 3.55. The van der Waals surface area contributed by atoms with Crippen molar-refractivity contribution in [2.45, 2.75) is 74.8 Å². The number of aliphatic imine (C=N–C) groups is 1. The van der Waals surface area contributed by atoms with E-state index in [1.54, 1.807) is 0 Å². The molecule has 0 aromatic heterocycles. The van der Waals surface area contributed by atoms with E-state index in [4.69, 9.17) is 28.7 Å². The number of primary amides is 2. The zero-order valence-corrected chi connectivity index (χ0v) is 27.5. The van der Waals surface area contributed by atoms with Crippen LogP contribution in [0.1, 0.15) is 38.5 Å². The number of hydrogen-bond acceptors (Lipinski definition) is 13. The molecule has 0 aliphatic carbocycles. The van der Waals surface area contributed by atoms with E-state index in [-0.39, 0.29) is 38.3 Å². The van der Waals surface area contributed by atoms with E-state index in [0.29, 0.717) is 6.42 Å². The molecule has 0 spiro atoms. The van der Waals surface area contributed by atoms with Gasteiger partial charge >= 0.3 is 5.97 Å². The maximum Gasteiger partial charge on any atom is 0.328 e. The molecule has 0 unspecified atom stereocenters. The number of guanidine groups is 1. The molecule has 0 radical (unpaired) electrons. The summed E-state index contributed by atoms with van der Waals surface area (Å²) in [6.45, 7) is -2.38. The number of aliphatic hydroxyl groups excluding tert-OH is 2. The number of carbonyl (C=O) groups excluding carboxylic acids is 8. The highest BCUT2D eigenvalue weighted by molar-refractivity contribution is 5.99. The summed E-state index contributed by atoms with van der Waals surface area (Å²) in [5.74, 6) is -9.99. The molecule has 1 rings (SSSR count). The zero-order chi connectivity index (χ0) is 38.8. The molecule has 286 valence electrons. The molecular formula is C27H46N12O12. The first kappa shape index (κ1) is 43.4. The van der Waals surface area contributed by atoms with Crippen LogP contribution < -0.4 is 55.3 Å². The van der Waals surface area contributed by atoms with Gasteiger partial charge in [0.15, 0.2) is 5.96 Å². The maximum atomic E-state index is 13.8. The van der Waals surface area contributed by atoms with Crippen LogP contribution in [0.3, 0.4) is 0 Å². The summed E-state index contributed by atoms with van der Waals surface area (Å²) in [6, 6.07) is -9.46. The first-order valence-electron chi connectivity index (χ1n) is 15.5. The standard InChI is InChI=1S/C27H46N12O12/c28-9-20(44)34-15(10-40)23(47)37-14(8-19(30)43)22(46)36-13(7-18(29)42)21(45)35-12(3-1-5-33-27(31)32)25(49)39-6-2-4-17(39)24(48)38-16(11-41)26(50)51/h12-17,40-41H,1-11,28H2,(H2,29,42)(H2,30,43)(H,34,44)(H,35,45)(H,36,46)(H,37,47)(H,38,48)(H,50,51)(H4,31,32,33)/t12-,13-,14-,15-,16-,17-/m0/s1. The fourth-order valence-electron chi connectivity index (χ4n) is 4.80. The van der Waals surface area contributed by atoms with Gasteiger partial charge in [0.2, 0.25) is 47.3 Å². The predicted molar refractivity (Wildman–Crippen MR) is 173 cm³/mol. The molecule has 0 saturated carbocycles. The van der Waals surface area contributed by atoms with Gasteiger partial charge in [0.1, 0.15) is 36.3 Å². The van der Waals surface area contributed by atoms with Crippen LogP contribution >= 0.6 is 0 Å². The lowest BCUT2D eigenvalue weighted by molar-refractivity contribution is -0.145. The molecule has 0 aromatic rings. The van der Waals surface area contributed by atoms with Crippen LogP contribution in [0.5, 0.6) is 0 Å². The minimum absolute atomic E-state index is 0.000789.